The van der Waals surface area contributed by atoms with Crippen LogP contribution in [-0.4, -0.2) is 23.3 Å². The zero-order valence-electron chi connectivity index (χ0n) is 16.3. The molecule has 4 aliphatic rings. The van der Waals surface area contributed by atoms with Crippen LogP contribution in [0.1, 0.15) is 73.5 Å². The van der Waals surface area contributed by atoms with Gasteiger partial charge in [-0.05, 0) is 73.5 Å². The zero-order chi connectivity index (χ0) is 18.0. The van der Waals surface area contributed by atoms with E-state index in [1.807, 2.05) is 0 Å². The topological polar surface area (TPSA) is 46.5 Å². The van der Waals surface area contributed by atoms with Crippen LogP contribution in [0.25, 0.3) is 0 Å². The summed E-state index contributed by atoms with van der Waals surface area (Å²) in [7, 11) is 0. The first-order chi connectivity index (χ1) is 11.7. The molecule has 0 amide bonds. The first kappa shape index (κ1) is 15.4. The fourth-order valence-corrected chi connectivity index (χ4v) is 6.75. The summed E-state index contributed by atoms with van der Waals surface area (Å²) in [6.45, 7) is 6.08. The second kappa shape index (κ2) is 5.59. The minimum Gasteiger partial charge on any atom is -0.462 e. The summed E-state index contributed by atoms with van der Waals surface area (Å²) in [5.74, 6) is 1.54. The summed E-state index contributed by atoms with van der Waals surface area (Å²) in [6.07, 6.45) is 8.93. The fourth-order valence-electron chi connectivity index (χ4n) is 6.75. The van der Waals surface area contributed by atoms with Gasteiger partial charge in [0.05, 0.1) is 7.45 Å². The molecule has 0 aromatic rings. The second-order valence-electron chi connectivity index (χ2n) is 9.18. The standard InChI is InChI=1S/C21H32O3/c1-13(22)24-15-8-10-20(2)14(12-15)4-5-16-17-6-7-19(23)21(17,3)11-9-18(16)20/h4,15-19,23H,5-12H2,1-3H3/t15-,16-,17-,18-,19-,20-,21-/m0/s1/i19D. The Morgan fingerprint density at radius 3 is 2.79 bits per heavy atom. The number of hydrogen-bond acceptors (Lipinski definition) is 3. The number of hydrogen-bond donors (Lipinski definition) is 1. The predicted molar refractivity (Wildman–Crippen MR) is 93.3 cm³/mol. The Morgan fingerprint density at radius 2 is 2.04 bits per heavy atom. The molecule has 1 N–H and O–H groups in total. The molecule has 0 aromatic carbocycles. The second-order valence-corrected chi connectivity index (χ2v) is 9.18. The molecule has 0 bridgehead atoms. The molecular formula is C21H32O3. The third-order valence-electron chi connectivity index (χ3n) is 8.13. The average molecular weight is 333 g/mol. The highest BCUT2D eigenvalue weighted by atomic mass is 16.5. The monoisotopic (exact) mass is 333 g/mol. The van der Waals surface area contributed by atoms with E-state index in [9.17, 15) is 9.90 Å². The molecule has 0 aliphatic heterocycles. The summed E-state index contributed by atoms with van der Waals surface area (Å²) in [6, 6.07) is 0. The summed E-state index contributed by atoms with van der Waals surface area (Å²) in [4.78, 5) is 11.3. The smallest absolute Gasteiger partial charge is 0.302 e. The van der Waals surface area contributed by atoms with Gasteiger partial charge in [0.25, 0.3) is 0 Å². The first-order valence-electron chi connectivity index (χ1n) is 10.3. The Kier molecular flexibility index (Phi) is 3.59. The van der Waals surface area contributed by atoms with Crippen molar-refractivity contribution in [3.63, 3.8) is 0 Å². The van der Waals surface area contributed by atoms with Crippen molar-refractivity contribution in [2.45, 2.75) is 84.3 Å². The largest absolute Gasteiger partial charge is 0.462 e. The van der Waals surface area contributed by atoms with Crippen LogP contribution in [0, 0.1) is 28.6 Å². The number of esters is 1. The van der Waals surface area contributed by atoms with E-state index in [0.717, 1.165) is 44.9 Å². The minimum atomic E-state index is -1.25. The number of allylic oxidation sites excluding steroid dienone is 1. The van der Waals surface area contributed by atoms with Gasteiger partial charge in [-0.2, -0.15) is 0 Å². The fraction of sp³-hybridized carbons (Fsp3) is 0.857. The van der Waals surface area contributed by atoms with Crippen LogP contribution in [0.5, 0.6) is 0 Å². The molecule has 134 valence electrons. The van der Waals surface area contributed by atoms with Crippen molar-refractivity contribution in [1.29, 1.82) is 0 Å². The van der Waals surface area contributed by atoms with Crippen LogP contribution in [0.3, 0.4) is 0 Å². The molecule has 0 unspecified atom stereocenters. The van der Waals surface area contributed by atoms with Crippen LogP contribution < -0.4 is 0 Å². The Labute approximate surface area is 147 Å². The lowest BCUT2D eigenvalue weighted by atomic mass is 9.48. The number of rotatable bonds is 1. The number of fused-ring (bicyclic) bond motifs is 5. The van der Waals surface area contributed by atoms with Gasteiger partial charge < -0.3 is 9.84 Å². The highest BCUT2D eigenvalue weighted by Crippen LogP contribution is 2.64. The first-order valence-corrected chi connectivity index (χ1v) is 9.76. The van der Waals surface area contributed by atoms with E-state index in [1.165, 1.54) is 12.5 Å². The average Bonchev–Trinajstić information content (AvgIpc) is 2.77. The molecule has 4 aliphatic carbocycles. The van der Waals surface area contributed by atoms with Crippen LogP contribution in [0.15, 0.2) is 11.6 Å². The lowest BCUT2D eigenvalue weighted by Crippen LogP contribution is -2.51. The molecule has 0 spiro atoms. The van der Waals surface area contributed by atoms with E-state index < -0.39 is 6.08 Å². The van der Waals surface area contributed by atoms with Gasteiger partial charge in [0, 0.05) is 13.3 Å². The number of carbonyl (C=O) groups excluding carboxylic acids is 1. The third kappa shape index (κ3) is 2.30. The maximum absolute atomic E-state index is 11.3. The van der Waals surface area contributed by atoms with Crippen molar-refractivity contribution < 1.29 is 16.0 Å². The van der Waals surface area contributed by atoms with E-state index in [0.29, 0.717) is 24.2 Å². The Hall–Kier alpha value is -0.830. The van der Waals surface area contributed by atoms with Crippen molar-refractivity contribution in [3.05, 3.63) is 11.6 Å². The van der Waals surface area contributed by atoms with Gasteiger partial charge in [-0.3, -0.25) is 4.79 Å². The van der Waals surface area contributed by atoms with Gasteiger partial charge >= 0.3 is 5.97 Å². The zero-order valence-corrected chi connectivity index (χ0v) is 15.3. The molecule has 0 heterocycles. The Morgan fingerprint density at radius 1 is 1.25 bits per heavy atom. The summed E-state index contributed by atoms with van der Waals surface area (Å²) in [5.41, 5.74) is 1.46. The van der Waals surface area contributed by atoms with E-state index in [-0.39, 0.29) is 22.9 Å². The Bertz CT molecular complexity index is 612. The minimum absolute atomic E-state index is 0.0482. The number of aliphatic hydroxyl groups is 1. The molecule has 3 saturated carbocycles. The molecular weight excluding hydrogens is 300 g/mol. The summed E-state index contributed by atoms with van der Waals surface area (Å²) < 4.78 is 13.9. The molecule has 3 nitrogen and oxygen atoms in total. The van der Waals surface area contributed by atoms with Crippen molar-refractivity contribution >= 4 is 5.97 Å². The van der Waals surface area contributed by atoms with Gasteiger partial charge in [0.15, 0.2) is 0 Å². The SMILES string of the molecule is [2H][C@]1(O)CC[C@H]2[C@@H]3CC=C4C[C@@H](OC(C)=O)CC[C@]4(C)[C@H]3CC[C@@]21C. The lowest BCUT2D eigenvalue weighted by molar-refractivity contribution is -0.148. The molecule has 0 aromatic heterocycles. The van der Waals surface area contributed by atoms with Crippen LogP contribution in [0.2, 0.25) is 0 Å². The van der Waals surface area contributed by atoms with Crippen molar-refractivity contribution in [2.24, 2.45) is 28.6 Å². The lowest BCUT2D eigenvalue weighted by Gasteiger charge is -2.57. The van der Waals surface area contributed by atoms with Gasteiger partial charge in [0.2, 0.25) is 0 Å². The predicted octanol–water partition coefficient (Wildman–Crippen LogP) is 4.24. The van der Waals surface area contributed by atoms with Crippen molar-refractivity contribution in [3.8, 4) is 0 Å². The maximum Gasteiger partial charge on any atom is 0.302 e. The number of carbonyl (C=O) groups is 1. The molecule has 3 fully saturated rings. The van der Waals surface area contributed by atoms with Gasteiger partial charge in [-0.15, -0.1) is 0 Å². The van der Waals surface area contributed by atoms with E-state index in [4.69, 9.17) is 6.11 Å². The van der Waals surface area contributed by atoms with E-state index in [2.05, 4.69) is 19.9 Å². The van der Waals surface area contributed by atoms with E-state index in [1.54, 1.807) is 0 Å². The molecule has 4 rings (SSSR count). The van der Waals surface area contributed by atoms with Crippen molar-refractivity contribution in [2.75, 3.05) is 0 Å². The van der Waals surface area contributed by atoms with E-state index >= 15 is 0 Å². The van der Waals surface area contributed by atoms with Crippen molar-refractivity contribution in [1.82, 2.24) is 0 Å². The van der Waals surface area contributed by atoms with Gasteiger partial charge in [0.1, 0.15) is 6.10 Å². The summed E-state index contributed by atoms with van der Waals surface area (Å²) >= 11 is 0. The molecule has 3 heteroatoms. The van der Waals surface area contributed by atoms with Crippen LogP contribution in [0.4, 0.5) is 0 Å². The maximum atomic E-state index is 11.3. The quantitative estimate of drug-likeness (QED) is 0.576. The number of ether oxygens (including phenoxy) is 1. The Balaban J connectivity index is 1.60. The van der Waals surface area contributed by atoms with Crippen LogP contribution in [-0.2, 0) is 9.53 Å². The normalized spacial score (nSPS) is 54.0. The molecule has 7 atom stereocenters. The van der Waals surface area contributed by atoms with Crippen LogP contribution >= 0.6 is 0 Å². The highest BCUT2D eigenvalue weighted by molar-refractivity contribution is 5.66. The highest BCUT2D eigenvalue weighted by Gasteiger charge is 2.58. The molecule has 0 saturated heterocycles. The summed E-state index contributed by atoms with van der Waals surface area (Å²) in [5, 5.41) is 10.7. The third-order valence-corrected chi connectivity index (χ3v) is 8.13. The molecule has 24 heavy (non-hydrogen) atoms. The van der Waals surface area contributed by atoms with Gasteiger partial charge in [-0.1, -0.05) is 25.5 Å². The van der Waals surface area contributed by atoms with Gasteiger partial charge in [-0.25, -0.2) is 0 Å². The molecule has 0 radical (unpaired) electrons.